The highest BCUT2D eigenvalue weighted by Crippen LogP contribution is 2.46. The fourth-order valence-corrected chi connectivity index (χ4v) is 2.44. The van der Waals surface area contributed by atoms with E-state index in [1.807, 2.05) is 0 Å². The molecule has 1 aliphatic heterocycles. The van der Waals surface area contributed by atoms with Gasteiger partial charge in [0.25, 0.3) is 0 Å². The molecule has 0 amide bonds. The number of hydrogen-bond acceptors (Lipinski definition) is 2. The van der Waals surface area contributed by atoms with E-state index in [0.717, 1.165) is 6.54 Å². The van der Waals surface area contributed by atoms with Gasteiger partial charge in [-0.1, -0.05) is 19.8 Å². The van der Waals surface area contributed by atoms with Crippen LogP contribution in [-0.4, -0.2) is 22.9 Å². The van der Waals surface area contributed by atoms with Crippen molar-refractivity contribution >= 4 is 0 Å². The summed E-state index contributed by atoms with van der Waals surface area (Å²) in [6.45, 7) is 3.20. The van der Waals surface area contributed by atoms with Gasteiger partial charge in [0, 0.05) is 18.0 Å². The average molecular weight is 141 g/mol. The predicted octanol–water partition coefficient (Wildman–Crippen LogP) is 1.64. The first-order valence-corrected chi connectivity index (χ1v) is 4.18. The van der Waals surface area contributed by atoms with Crippen LogP contribution < -0.4 is 0 Å². The summed E-state index contributed by atoms with van der Waals surface area (Å²) in [4.78, 5) is 0. The Morgan fingerprint density at radius 1 is 1.50 bits per heavy atom. The van der Waals surface area contributed by atoms with Crippen molar-refractivity contribution in [1.29, 1.82) is 0 Å². The molecule has 2 nitrogen and oxygen atoms in total. The fraction of sp³-hybridized carbons (Fsp3) is 1.00. The third-order valence-electron chi connectivity index (χ3n) is 3.16. The second-order valence-corrected chi connectivity index (χ2v) is 4.01. The molecular formula is C8H15NO. The molecule has 2 atom stereocenters. The first-order valence-electron chi connectivity index (χ1n) is 4.18. The number of hydrogen-bond donors (Lipinski definition) is 1. The monoisotopic (exact) mass is 141 g/mol. The van der Waals surface area contributed by atoms with Crippen LogP contribution in [0.25, 0.3) is 0 Å². The Morgan fingerprint density at radius 2 is 2.30 bits per heavy atom. The van der Waals surface area contributed by atoms with E-state index in [9.17, 15) is 5.21 Å². The Kier molecular flexibility index (Phi) is 1.29. The van der Waals surface area contributed by atoms with Crippen LogP contribution in [0.15, 0.2) is 0 Å². The molecule has 0 aromatic carbocycles. The summed E-state index contributed by atoms with van der Waals surface area (Å²) in [7, 11) is 0. The van der Waals surface area contributed by atoms with Gasteiger partial charge in [0.1, 0.15) is 0 Å². The van der Waals surface area contributed by atoms with E-state index in [-0.39, 0.29) is 0 Å². The molecule has 0 aromatic heterocycles. The topological polar surface area (TPSA) is 23.5 Å². The maximum Gasteiger partial charge on any atom is 0.0417 e. The molecule has 2 heteroatoms. The minimum atomic E-state index is 0.465. The largest absolute Gasteiger partial charge is 0.314 e. The first-order chi connectivity index (χ1) is 4.72. The van der Waals surface area contributed by atoms with Crippen LogP contribution in [-0.2, 0) is 0 Å². The summed E-state index contributed by atoms with van der Waals surface area (Å²) in [6.07, 6.45) is 5.18. The number of nitrogens with zero attached hydrogens (tertiary/aromatic N) is 1. The second kappa shape index (κ2) is 1.95. The Bertz CT molecular complexity index is 144. The van der Waals surface area contributed by atoms with Crippen molar-refractivity contribution in [2.45, 2.75) is 38.6 Å². The van der Waals surface area contributed by atoms with Crippen LogP contribution in [0.4, 0.5) is 0 Å². The molecule has 58 valence electrons. The lowest BCUT2D eigenvalue weighted by Gasteiger charge is -2.55. The predicted molar refractivity (Wildman–Crippen MR) is 38.9 cm³/mol. The number of fused-ring (bicyclic) bond motifs is 1. The first kappa shape index (κ1) is 6.62. The molecule has 0 aromatic rings. The van der Waals surface area contributed by atoms with Crippen LogP contribution in [0.3, 0.4) is 0 Å². The van der Waals surface area contributed by atoms with E-state index in [1.54, 1.807) is 0 Å². The molecule has 0 radical (unpaired) electrons. The van der Waals surface area contributed by atoms with Crippen molar-refractivity contribution in [2.75, 3.05) is 6.54 Å². The lowest BCUT2D eigenvalue weighted by molar-refractivity contribution is -0.261. The Hall–Kier alpha value is -0.0800. The normalized spacial score (nSPS) is 48.0. The fourth-order valence-electron chi connectivity index (χ4n) is 2.44. The van der Waals surface area contributed by atoms with Gasteiger partial charge >= 0.3 is 0 Å². The molecule has 2 aliphatic rings. The van der Waals surface area contributed by atoms with Gasteiger partial charge in [-0.05, 0) is 12.8 Å². The van der Waals surface area contributed by atoms with Crippen molar-refractivity contribution in [3.05, 3.63) is 0 Å². The van der Waals surface area contributed by atoms with E-state index in [0.29, 0.717) is 11.5 Å². The Balaban J connectivity index is 2.06. The zero-order valence-electron chi connectivity index (χ0n) is 6.51. The SMILES string of the molecule is C[C@@]12CCCC[C@@H]1N(O)C2. The standard InChI is InChI=1S/C8H15NO/c1-8-5-3-2-4-7(8)9(10)6-8/h7,10H,2-6H2,1H3/t7-,8-/m0/s1. The van der Waals surface area contributed by atoms with E-state index in [1.165, 1.54) is 30.7 Å². The third-order valence-corrected chi connectivity index (χ3v) is 3.16. The summed E-state index contributed by atoms with van der Waals surface area (Å²) in [5.41, 5.74) is 0.465. The molecule has 0 unspecified atom stereocenters. The van der Waals surface area contributed by atoms with Gasteiger partial charge in [0.2, 0.25) is 0 Å². The maximum absolute atomic E-state index is 9.24. The quantitative estimate of drug-likeness (QED) is 0.554. The van der Waals surface area contributed by atoms with Crippen LogP contribution in [0.5, 0.6) is 0 Å². The Labute approximate surface area is 61.8 Å². The zero-order chi connectivity index (χ0) is 7.19. The van der Waals surface area contributed by atoms with Crippen molar-refractivity contribution in [3.8, 4) is 0 Å². The lowest BCUT2D eigenvalue weighted by atomic mass is 9.66. The van der Waals surface area contributed by atoms with E-state index in [2.05, 4.69) is 6.92 Å². The van der Waals surface area contributed by atoms with Gasteiger partial charge in [0.05, 0.1) is 0 Å². The molecule has 2 fully saturated rings. The third kappa shape index (κ3) is 0.722. The van der Waals surface area contributed by atoms with Crippen molar-refractivity contribution < 1.29 is 5.21 Å². The zero-order valence-corrected chi connectivity index (χ0v) is 6.51. The number of hydroxylamine groups is 2. The summed E-state index contributed by atoms with van der Waals surface area (Å²) >= 11 is 0. The minimum absolute atomic E-state index is 0.465. The van der Waals surface area contributed by atoms with Crippen LogP contribution in [0.1, 0.15) is 32.6 Å². The highest BCUT2D eigenvalue weighted by molar-refractivity contribution is 4.99. The van der Waals surface area contributed by atoms with Crippen LogP contribution in [0.2, 0.25) is 0 Å². The average Bonchev–Trinajstić information content (AvgIpc) is 1.86. The second-order valence-electron chi connectivity index (χ2n) is 4.01. The molecule has 1 saturated carbocycles. The molecule has 1 heterocycles. The van der Waals surface area contributed by atoms with Crippen LogP contribution >= 0.6 is 0 Å². The summed E-state index contributed by atoms with van der Waals surface area (Å²) in [5.74, 6) is 0. The van der Waals surface area contributed by atoms with Crippen molar-refractivity contribution in [3.63, 3.8) is 0 Å². The van der Waals surface area contributed by atoms with E-state index >= 15 is 0 Å². The minimum Gasteiger partial charge on any atom is -0.314 e. The van der Waals surface area contributed by atoms with E-state index in [4.69, 9.17) is 0 Å². The molecule has 10 heavy (non-hydrogen) atoms. The van der Waals surface area contributed by atoms with Crippen molar-refractivity contribution in [1.82, 2.24) is 5.06 Å². The number of rotatable bonds is 0. The van der Waals surface area contributed by atoms with E-state index < -0.39 is 0 Å². The van der Waals surface area contributed by atoms with Gasteiger partial charge in [-0.15, -0.1) is 0 Å². The molecule has 0 bridgehead atoms. The van der Waals surface area contributed by atoms with Gasteiger partial charge in [-0.3, -0.25) is 0 Å². The summed E-state index contributed by atoms with van der Waals surface area (Å²) in [6, 6.07) is 0.487. The lowest BCUT2D eigenvalue weighted by Crippen LogP contribution is -2.62. The molecular weight excluding hydrogens is 126 g/mol. The molecule has 1 N–H and O–H groups in total. The summed E-state index contributed by atoms with van der Waals surface area (Å²) in [5, 5.41) is 10.8. The highest BCUT2D eigenvalue weighted by atomic mass is 16.5. The smallest absolute Gasteiger partial charge is 0.0417 e. The maximum atomic E-state index is 9.24. The van der Waals surface area contributed by atoms with Gasteiger partial charge < -0.3 is 5.21 Å². The highest BCUT2D eigenvalue weighted by Gasteiger charge is 2.49. The van der Waals surface area contributed by atoms with Crippen molar-refractivity contribution in [2.24, 2.45) is 5.41 Å². The Morgan fingerprint density at radius 3 is 2.80 bits per heavy atom. The molecule has 1 saturated heterocycles. The van der Waals surface area contributed by atoms with Crippen LogP contribution in [0, 0.1) is 5.41 Å². The van der Waals surface area contributed by atoms with Gasteiger partial charge in [0.15, 0.2) is 0 Å². The molecule has 0 spiro atoms. The van der Waals surface area contributed by atoms with Gasteiger partial charge in [-0.25, -0.2) is 0 Å². The summed E-state index contributed by atoms with van der Waals surface area (Å²) < 4.78 is 0. The van der Waals surface area contributed by atoms with Gasteiger partial charge in [-0.2, -0.15) is 5.06 Å². The molecule has 2 rings (SSSR count). The molecule has 1 aliphatic carbocycles.